The van der Waals surface area contributed by atoms with Gasteiger partial charge in [0.15, 0.2) is 11.5 Å². The Labute approximate surface area is 168 Å². The minimum atomic E-state index is 0.422. The second kappa shape index (κ2) is 9.94. The van der Waals surface area contributed by atoms with E-state index in [1.54, 1.807) is 7.11 Å². The molecule has 1 aliphatic rings. The predicted octanol–water partition coefficient (Wildman–Crippen LogP) is 3.70. The van der Waals surface area contributed by atoms with Crippen molar-refractivity contribution in [1.29, 1.82) is 0 Å². The Kier molecular flexibility index (Phi) is 7.34. The van der Waals surface area contributed by atoms with E-state index in [9.17, 15) is 0 Å². The Morgan fingerprint density at radius 3 is 2.86 bits per heavy atom. The first-order valence-corrected chi connectivity index (χ1v) is 10.2. The van der Waals surface area contributed by atoms with Crippen molar-refractivity contribution < 1.29 is 14.0 Å². The molecule has 1 saturated heterocycles. The van der Waals surface area contributed by atoms with Gasteiger partial charge in [-0.25, -0.2) is 0 Å². The van der Waals surface area contributed by atoms with Crippen LogP contribution in [0.1, 0.15) is 42.3 Å². The third-order valence-corrected chi connectivity index (χ3v) is 5.45. The average Bonchev–Trinajstić information content (AvgIpc) is 3.27. The number of methoxy groups -OCH3 is 1. The molecule has 6 nitrogen and oxygen atoms in total. The second-order valence-corrected chi connectivity index (χ2v) is 7.66. The minimum absolute atomic E-state index is 0.422. The Hall–Kier alpha value is -2.05. The normalized spacial score (nSPS) is 17.2. The fraction of sp³-hybridized carbons (Fsp3) is 0.591. The molecule has 154 valence electrons. The van der Waals surface area contributed by atoms with Gasteiger partial charge in [-0.2, -0.15) is 0 Å². The van der Waals surface area contributed by atoms with E-state index in [0.29, 0.717) is 6.61 Å². The lowest BCUT2D eigenvalue weighted by molar-refractivity contribution is 0.281. The highest BCUT2D eigenvalue weighted by Gasteiger charge is 2.21. The Morgan fingerprint density at radius 2 is 2.14 bits per heavy atom. The highest BCUT2D eigenvalue weighted by atomic mass is 16.5. The number of hydrogen-bond donors (Lipinski definition) is 1. The molecular formula is C22H33N3O3. The summed E-state index contributed by atoms with van der Waals surface area (Å²) in [6.07, 6.45) is 2.54. The summed E-state index contributed by atoms with van der Waals surface area (Å²) in [5, 5.41) is 7.57. The summed E-state index contributed by atoms with van der Waals surface area (Å²) in [6, 6.07) is 6.12. The molecule has 1 aliphatic heterocycles. The van der Waals surface area contributed by atoms with E-state index in [4.69, 9.17) is 14.0 Å². The van der Waals surface area contributed by atoms with Gasteiger partial charge in [0.2, 0.25) is 0 Å². The smallest absolute Gasteiger partial charge is 0.161 e. The lowest BCUT2D eigenvalue weighted by Crippen LogP contribution is -2.26. The first-order chi connectivity index (χ1) is 13.6. The van der Waals surface area contributed by atoms with Crippen LogP contribution in [0.25, 0.3) is 0 Å². The highest BCUT2D eigenvalue weighted by Crippen LogP contribution is 2.29. The van der Waals surface area contributed by atoms with Crippen molar-refractivity contribution in [2.75, 3.05) is 33.3 Å². The van der Waals surface area contributed by atoms with Crippen LogP contribution in [0.4, 0.5) is 0 Å². The van der Waals surface area contributed by atoms with Crippen molar-refractivity contribution in [2.24, 2.45) is 5.92 Å². The van der Waals surface area contributed by atoms with Crippen LogP contribution >= 0.6 is 0 Å². The maximum atomic E-state index is 5.96. The maximum Gasteiger partial charge on any atom is 0.161 e. The zero-order valence-electron chi connectivity index (χ0n) is 17.6. The van der Waals surface area contributed by atoms with E-state index in [1.807, 2.05) is 26.0 Å². The van der Waals surface area contributed by atoms with Gasteiger partial charge in [-0.3, -0.25) is 0 Å². The first kappa shape index (κ1) is 20.7. The van der Waals surface area contributed by atoms with Crippen molar-refractivity contribution in [3.8, 4) is 11.5 Å². The van der Waals surface area contributed by atoms with E-state index < -0.39 is 0 Å². The fourth-order valence-electron chi connectivity index (χ4n) is 3.82. The summed E-state index contributed by atoms with van der Waals surface area (Å²) in [4.78, 5) is 2.57. The van der Waals surface area contributed by atoms with Crippen molar-refractivity contribution in [3.63, 3.8) is 0 Å². The summed E-state index contributed by atoms with van der Waals surface area (Å²) < 4.78 is 16.7. The minimum Gasteiger partial charge on any atom is -0.493 e. The number of nitrogens with one attached hydrogen (secondary N) is 1. The number of benzene rings is 1. The van der Waals surface area contributed by atoms with Crippen molar-refractivity contribution >= 4 is 0 Å². The van der Waals surface area contributed by atoms with Crippen molar-refractivity contribution in [2.45, 2.75) is 46.8 Å². The number of likely N-dealkylation sites (tertiary alicyclic amines) is 1. The van der Waals surface area contributed by atoms with Gasteiger partial charge >= 0.3 is 0 Å². The van der Waals surface area contributed by atoms with Crippen LogP contribution < -0.4 is 14.8 Å². The molecule has 1 aromatic carbocycles. The molecule has 0 spiro atoms. The number of ether oxygens (including phenoxy) is 2. The molecule has 1 fully saturated rings. The number of rotatable bonds is 10. The largest absolute Gasteiger partial charge is 0.493 e. The topological polar surface area (TPSA) is 59.8 Å². The number of hydrogen-bond acceptors (Lipinski definition) is 6. The van der Waals surface area contributed by atoms with E-state index in [2.05, 4.69) is 28.4 Å². The van der Waals surface area contributed by atoms with Crippen LogP contribution in [0.3, 0.4) is 0 Å². The van der Waals surface area contributed by atoms with Crippen molar-refractivity contribution in [3.05, 3.63) is 40.8 Å². The molecule has 0 bridgehead atoms. The lowest BCUT2D eigenvalue weighted by atomic mass is 10.1. The summed E-state index contributed by atoms with van der Waals surface area (Å²) in [5.41, 5.74) is 3.05. The summed E-state index contributed by atoms with van der Waals surface area (Å²) in [6.45, 7) is 12.1. The molecule has 0 aliphatic carbocycles. The quantitative estimate of drug-likeness (QED) is 0.671. The highest BCUT2D eigenvalue weighted by molar-refractivity contribution is 5.43. The predicted molar refractivity (Wildman–Crippen MR) is 110 cm³/mol. The van der Waals surface area contributed by atoms with Crippen LogP contribution in [-0.4, -0.2) is 43.3 Å². The first-order valence-electron chi connectivity index (χ1n) is 10.2. The molecule has 1 N–H and O–H groups in total. The van der Waals surface area contributed by atoms with E-state index in [0.717, 1.165) is 47.5 Å². The number of aromatic nitrogens is 1. The molecule has 28 heavy (non-hydrogen) atoms. The number of aryl methyl sites for hydroxylation is 2. The van der Waals surface area contributed by atoms with Gasteiger partial charge in [-0.05, 0) is 69.9 Å². The number of nitrogens with zero attached hydrogens (tertiary/aromatic N) is 2. The van der Waals surface area contributed by atoms with Crippen LogP contribution in [-0.2, 0) is 13.2 Å². The van der Waals surface area contributed by atoms with Gasteiger partial charge in [0.25, 0.3) is 0 Å². The Morgan fingerprint density at radius 1 is 1.29 bits per heavy atom. The van der Waals surface area contributed by atoms with Gasteiger partial charge in [0.05, 0.1) is 18.4 Å². The van der Waals surface area contributed by atoms with Crippen LogP contribution in [0.2, 0.25) is 0 Å². The van der Waals surface area contributed by atoms with Gasteiger partial charge in [0.1, 0.15) is 12.4 Å². The standard InChI is InChI=1S/C22H33N3O3/c1-5-9-25-10-8-19(14-25)13-23-12-18-6-7-21(22(11-18)26-4)27-15-20-16(2)24-28-17(20)3/h6-7,11,19,23H,5,8-10,12-15H2,1-4H3. The molecule has 3 rings (SSSR count). The lowest BCUT2D eigenvalue weighted by Gasteiger charge is -2.15. The van der Waals surface area contributed by atoms with Crippen LogP contribution in [0, 0.1) is 19.8 Å². The van der Waals surface area contributed by atoms with E-state index in [-0.39, 0.29) is 0 Å². The average molecular weight is 388 g/mol. The Bertz CT molecular complexity index is 740. The molecule has 2 aromatic rings. The molecule has 2 heterocycles. The van der Waals surface area contributed by atoms with Crippen LogP contribution in [0.15, 0.2) is 22.7 Å². The van der Waals surface area contributed by atoms with Crippen LogP contribution in [0.5, 0.6) is 11.5 Å². The second-order valence-electron chi connectivity index (χ2n) is 7.66. The van der Waals surface area contributed by atoms with E-state index >= 15 is 0 Å². The molecular weight excluding hydrogens is 354 g/mol. The molecule has 6 heteroatoms. The maximum absolute atomic E-state index is 5.96. The summed E-state index contributed by atoms with van der Waals surface area (Å²) in [5.74, 6) is 3.03. The van der Waals surface area contributed by atoms with Crippen molar-refractivity contribution in [1.82, 2.24) is 15.4 Å². The third kappa shape index (κ3) is 5.26. The monoisotopic (exact) mass is 387 g/mol. The zero-order chi connectivity index (χ0) is 19.9. The molecule has 1 atom stereocenters. The molecule has 1 aromatic heterocycles. The van der Waals surface area contributed by atoms with Gasteiger partial charge < -0.3 is 24.2 Å². The zero-order valence-corrected chi connectivity index (χ0v) is 17.6. The molecule has 1 unspecified atom stereocenters. The third-order valence-electron chi connectivity index (χ3n) is 5.45. The Balaban J connectivity index is 1.50. The molecule has 0 saturated carbocycles. The van der Waals surface area contributed by atoms with Gasteiger partial charge in [0, 0.05) is 13.1 Å². The van der Waals surface area contributed by atoms with E-state index in [1.165, 1.54) is 38.0 Å². The van der Waals surface area contributed by atoms with Gasteiger partial charge in [-0.15, -0.1) is 0 Å². The fourth-order valence-corrected chi connectivity index (χ4v) is 3.82. The summed E-state index contributed by atoms with van der Waals surface area (Å²) in [7, 11) is 1.68. The summed E-state index contributed by atoms with van der Waals surface area (Å²) >= 11 is 0. The SMILES string of the molecule is CCCN1CCC(CNCc2ccc(OCc3c(C)noc3C)c(OC)c2)C1. The molecule has 0 radical (unpaired) electrons. The molecule has 0 amide bonds. The van der Waals surface area contributed by atoms with Gasteiger partial charge in [-0.1, -0.05) is 18.1 Å².